The molecule has 0 atom stereocenters. The normalized spacial score (nSPS) is 20.6. The van der Waals surface area contributed by atoms with Gasteiger partial charge < -0.3 is 0 Å². The second-order valence-electron chi connectivity index (χ2n) is 4.40. The molecule has 0 aromatic rings. The van der Waals surface area contributed by atoms with Gasteiger partial charge in [0.25, 0.3) is 0 Å². The third kappa shape index (κ3) is 15.1. The molecule has 0 nitrogen and oxygen atoms in total. The fraction of sp³-hybridized carbons (Fsp3) is 1.00. The zero-order chi connectivity index (χ0) is 11.5. The number of hydrogen-bond acceptors (Lipinski definition) is 0. The van der Waals surface area contributed by atoms with Gasteiger partial charge in [-0.3, -0.25) is 0 Å². The van der Waals surface area contributed by atoms with Gasteiger partial charge in [0.2, 0.25) is 0 Å². The maximum absolute atomic E-state index is 4.94. The van der Waals surface area contributed by atoms with Crippen LogP contribution in [0.5, 0.6) is 0 Å². The average molecular weight is 290 g/mol. The highest BCUT2D eigenvalue weighted by atomic mass is 35.8. The van der Waals surface area contributed by atoms with Gasteiger partial charge in [-0.1, -0.05) is 64.7 Å². The summed E-state index contributed by atoms with van der Waals surface area (Å²) in [6.07, 6.45) is 13.4. The van der Waals surface area contributed by atoms with Crippen LogP contribution in [0.3, 0.4) is 0 Å². The molecule has 0 bridgehead atoms. The third-order valence-electron chi connectivity index (χ3n) is 2.89. The van der Waals surface area contributed by atoms with Gasteiger partial charge in [0.1, 0.15) is 0 Å². The molecule has 0 aromatic heterocycles. The van der Waals surface area contributed by atoms with E-state index in [0.29, 0.717) is 0 Å². The molecule has 0 radical (unpaired) electrons. The molecule has 92 valence electrons. The van der Waals surface area contributed by atoms with E-state index < -0.39 is 6.73 Å². The van der Waals surface area contributed by atoms with Gasteiger partial charge >= 0.3 is 6.73 Å². The summed E-state index contributed by atoms with van der Waals surface area (Å²) in [4.78, 5) is 0. The zero-order valence-electron chi connectivity index (χ0n) is 9.65. The van der Waals surface area contributed by atoms with E-state index in [9.17, 15) is 0 Å². The smallest absolute Gasteiger partial charge is 0.130 e. The van der Waals surface area contributed by atoms with Gasteiger partial charge in [-0.15, -0.1) is 33.2 Å². The quantitative estimate of drug-likeness (QED) is 0.404. The highest BCUT2D eigenvalue weighted by Gasteiger charge is 2.03. The topological polar surface area (TPSA) is 0 Å². The molecule has 0 N–H and O–H groups in total. The minimum Gasteiger partial charge on any atom is -0.130 e. The second kappa shape index (κ2) is 11.6. The summed E-state index contributed by atoms with van der Waals surface area (Å²) in [7, 11) is 0. The Kier molecular flexibility index (Phi) is 12.4. The van der Waals surface area contributed by atoms with E-state index in [1.807, 2.05) is 0 Å². The number of hydrogen-bond donors (Lipinski definition) is 0. The molecule has 0 aliphatic heterocycles. The largest absolute Gasteiger partial charge is 0.326 e. The van der Waals surface area contributed by atoms with Crippen LogP contribution in [0.15, 0.2) is 0 Å². The van der Waals surface area contributed by atoms with Crippen LogP contribution in [-0.2, 0) is 0 Å². The van der Waals surface area contributed by atoms with Crippen molar-refractivity contribution in [1.82, 2.24) is 0 Å². The molecular weight excluding hydrogens is 267 g/mol. The zero-order valence-corrected chi connectivity index (χ0v) is 13.1. The van der Waals surface area contributed by atoms with E-state index in [4.69, 9.17) is 33.2 Å². The van der Waals surface area contributed by atoms with Gasteiger partial charge in [0.05, 0.1) is 0 Å². The van der Waals surface area contributed by atoms with Gasteiger partial charge in [0, 0.05) is 0 Å². The van der Waals surface area contributed by atoms with Gasteiger partial charge in [0.15, 0.2) is 0 Å². The summed E-state index contributed by atoms with van der Waals surface area (Å²) < 4.78 is 0. The first-order valence-corrected chi connectivity index (χ1v) is 11.3. The Labute approximate surface area is 110 Å². The van der Waals surface area contributed by atoms with Crippen LogP contribution in [0.4, 0.5) is 0 Å². The lowest BCUT2D eigenvalue weighted by molar-refractivity contribution is 0.414. The minimum absolute atomic E-state index is 1.01. The van der Waals surface area contributed by atoms with Crippen LogP contribution in [0.2, 0.25) is 0 Å². The molecule has 0 saturated heterocycles. The van der Waals surface area contributed by atoms with Crippen molar-refractivity contribution < 1.29 is 0 Å². The number of halogens is 3. The number of rotatable bonds is 0. The van der Waals surface area contributed by atoms with Crippen molar-refractivity contribution in [1.29, 1.82) is 0 Å². The van der Waals surface area contributed by atoms with Crippen molar-refractivity contribution >= 4 is 40.0 Å². The van der Waals surface area contributed by atoms with Crippen LogP contribution in [-0.4, -0.2) is 6.73 Å². The first-order valence-electron chi connectivity index (χ1n) is 6.05. The Morgan fingerprint density at radius 1 is 0.733 bits per heavy atom. The van der Waals surface area contributed by atoms with Crippen molar-refractivity contribution in [3.05, 3.63) is 0 Å². The van der Waals surface area contributed by atoms with E-state index >= 15 is 0 Å². The van der Waals surface area contributed by atoms with E-state index in [1.165, 1.54) is 57.8 Å². The van der Waals surface area contributed by atoms with E-state index in [1.54, 1.807) is 0 Å². The molecule has 15 heavy (non-hydrogen) atoms. The van der Waals surface area contributed by atoms with Crippen LogP contribution in [0.1, 0.15) is 64.7 Å². The summed E-state index contributed by atoms with van der Waals surface area (Å²) in [6.45, 7) is 0.696. The Morgan fingerprint density at radius 3 is 1.33 bits per heavy atom. The van der Waals surface area contributed by atoms with Crippen molar-refractivity contribution in [2.75, 3.05) is 0 Å². The summed E-state index contributed by atoms with van der Waals surface area (Å²) in [5.74, 6) is 1.01. The molecule has 0 heterocycles. The maximum Gasteiger partial charge on any atom is 0.326 e. The van der Waals surface area contributed by atoms with Crippen LogP contribution >= 0.6 is 33.2 Å². The molecule has 4 heteroatoms. The van der Waals surface area contributed by atoms with Crippen LogP contribution in [0, 0.1) is 5.92 Å². The Hall–Kier alpha value is 1.09. The van der Waals surface area contributed by atoms with Crippen molar-refractivity contribution in [2.24, 2.45) is 5.92 Å². The van der Waals surface area contributed by atoms with Crippen molar-refractivity contribution in [3.63, 3.8) is 0 Å². The first-order chi connectivity index (χ1) is 7.13. The van der Waals surface area contributed by atoms with Crippen LogP contribution < -0.4 is 0 Å². The molecule has 0 aromatic carbocycles. The summed E-state index contributed by atoms with van der Waals surface area (Å²) in [5.41, 5.74) is 0. The van der Waals surface area contributed by atoms with Gasteiger partial charge in [-0.2, -0.15) is 0 Å². The molecule has 0 spiro atoms. The predicted octanol–water partition coefficient (Wildman–Crippen LogP) is 5.57. The van der Waals surface area contributed by atoms with Crippen molar-refractivity contribution in [2.45, 2.75) is 64.7 Å². The molecule has 1 aliphatic carbocycles. The van der Waals surface area contributed by atoms with E-state index in [-0.39, 0.29) is 0 Å². The Morgan fingerprint density at radius 2 is 1.00 bits per heavy atom. The van der Waals surface area contributed by atoms with E-state index in [0.717, 1.165) is 5.92 Å². The minimum atomic E-state index is -1.72. The molecule has 0 unspecified atom stereocenters. The van der Waals surface area contributed by atoms with Gasteiger partial charge in [-0.25, -0.2) is 0 Å². The maximum atomic E-state index is 4.94. The predicted molar refractivity (Wildman–Crippen MR) is 75.4 cm³/mol. The monoisotopic (exact) mass is 288 g/mol. The lowest BCUT2D eigenvalue weighted by Gasteiger charge is -2.12. The molecule has 0 amide bonds. The third-order valence-corrected chi connectivity index (χ3v) is 2.89. The summed E-state index contributed by atoms with van der Waals surface area (Å²) >= 11 is 14.8. The van der Waals surface area contributed by atoms with Crippen LogP contribution in [0.25, 0.3) is 0 Å². The fourth-order valence-electron chi connectivity index (χ4n) is 2.01. The molecular formula is C11H23Cl3Si. The lowest BCUT2D eigenvalue weighted by atomic mass is 9.94. The standard InChI is InChI=1S/C11H22.Cl3HSi/c1-11-9-7-5-3-2-4-6-8-10-11;1-4(2)3/h11H,2-10H2,1H3;4H. The van der Waals surface area contributed by atoms with Gasteiger partial charge in [-0.05, 0) is 5.92 Å². The Bertz CT molecular complexity index is 118. The SMILES string of the molecule is CC1CCCCCCCCC1.Cl[SiH](Cl)Cl. The average Bonchev–Trinajstić information content (AvgIpc) is 2.15. The van der Waals surface area contributed by atoms with Crippen molar-refractivity contribution in [3.8, 4) is 0 Å². The Balaban J connectivity index is 0.000000423. The molecule has 1 saturated carbocycles. The highest BCUT2D eigenvalue weighted by molar-refractivity contribution is 7.54. The summed E-state index contributed by atoms with van der Waals surface area (Å²) in [6, 6.07) is 0. The molecule has 1 rings (SSSR count). The second-order valence-corrected chi connectivity index (χ2v) is 10.8. The molecule has 1 fully saturated rings. The first kappa shape index (κ1) is 16.1. The highest BCUT2D eigenvalue weighted by Crippen LogP contribution is 2.20. The van der Waals surface area contributed by atoms with E-state index in [2.05, 4.69) is 6.92 Å². The summed E-state index contributed by atoms with van der Waals surface area (Å²) in [5, 5.41) is 0. The molecule has 1 aliphatic rings. The fourth-order valence-corrected chi connectivity index (χ4v) is 2.01. The lowest BCUT2D eigenvalue weighted by Crippen LogP contribution is -1.96.